The average Bonchev–Trinajstić information content (AvgIpc) is 2.29. The molecule has 2 aromatic carbocycles. The van der Waals surface area contributed by atoms with E-state index in [1.54, 1.807) is 30.3 Å². The molecule has 2 aromatic rings. The van der Waals surface area contributed by atoms with Crippen LogP contribution in [0.2, 0.25) is 0 Å². The molecule has 16 heavy (non-hydrogen) atoms. The molecule has 0 heterocycles. The molecule has 1 N–H and O–H groups in total. The maximum atomic E-state index is 11.2. The van der Waals surface area contributed by atoms with Gasteiger partial charge in [-0.25, -0.2) is 0 Å². The Morgan fingerprint density at radius 1 is 1.00 bits per heavy atom. The average molecular weight is 233 g/mol. The van der Waals surface area contributed by atoms with Gasteiger partial charge in [0, 0.05) is 5.56 Å². The van der Waals surface area contributed by atoms with Crippen LogP contribution in [0.15, 0.2) is 53.4 Å². The summed E-state index contributed by atoms with van der Waals surface area (Å²) in [5, 5.41) is 0. The zero-order chi connectivity index (χ0) is 11.6. The molecule has 2 rings (SSSR count). The van der Waals surface area contributed by atoms with E-state index in [4.69, 9.17) is 4.55 Å². The van der Waals surface area contributed by atoms with Gasteiger partial charge in [0.05, 0.1) is 0 Å². The minimum Gasteiger partial charge on any atom is -0.282 e. The molecule has 4 heteroatoms. The van der Waals surface area contributed by atoms with Crippen molar-refractivity contribution in [1.29, 1.82) is 0 Å². The smallest absolute Gasteiger partial charge is 0.282 e. The first-order valence-electron chi connectivity index (χ1n) is 4.62. The van der Waals surface area contributed by atoms with Crippen LogP contribution in [0.5, 0.6) is 0 Å². The Balaban J connectivity index is 2.68. The predicted molar refractivity (Wildman–Crippen MR) is 60.5 cm³/mol. The van der Waals surface area contributed by atoms with Crippen LogP contribution < -0.4 is 0 Å². The van der Waals surface area contributed by atoms with Crippen LogP contribution >= 0.6 is 0 Å². The van der Waals surface area contributed by atoms with Gasteiger partial charge < -0.3 is 0 Å². The molecule has 0 aromatic heterocycles. The lowest BCUT2D eigenvalue weighted by molar-refractivity contribution is 0.483. The molecular formula is C12H9O3S. The van der Waals surface area contributed by atoms with Crippen molar-refractivity contribution >= 4 is 10.1 Å². The molecule has 0 fully saturated rings. The topological polar surface area (TPSA) is 54.4 Å². The van der Waals surface area contributed by atoms with Gasteiger partial charge in [-0.1, -0.05) is 42.5 Å². The number of hydrogen-bond donors (Lipinski definition) is 1. The first kappa shape index (κ1) is 10.9. The van der Waals surface area contributed by atoms with Gasteiger partial charge in [-0.2, -0.15) is 8.42 Å². The monoisotopic (exact) mass is 233 g/mol. The summed E-state index contributed by atoms with van der Waals surface area (Å²) in [4.78, 5) is -0.124. The maximum Gasteiger partial charge on any atom is 0.295 e. The van der Waals surface area contributed by atoms with Crippen molar-refractivity contribution in [2.45, 2.75) is 4.90 Å². The third kappa shape index (κ3) is 2.13. The Labute approximate surface area is 94.1 Å². The molecule has 0 bridgehead atoms. The lowest BCUT2D eigenvalue weighted by atomic mass is 10.1. The minimum atomic E-state index is -4.21. The van der Waals surface area contributed by atoms with E-state index in [9.17, 15) is 8.42 Å². The molecule has 3 nitrogen and oxygen atoms in total. The van der Waals surface area contributed by atoms with Gasteiger partial charge in [0.2, 0.25) is 0 Å². The fourth-order valence-electron chi connectivity index (χ4n) is 1.47. The molecule has 1 radical (unpaired) electrons. The molecule has 0 spiro atoms. The van der Waals surface area contributed by atoms with Crippen LogP contribution in [0.3, 0.4) is 0 Å². The third-order valence-electron chi connectivity index (χ3n) is 2.16. The van der Waals surface area contributed by atoms with E-state index in [1.807, 2.05) is 6.07 Å². The van der Waals surface area contributed by atoms with Crippen molar-refractivity contribution in [3.8, 4) is 11.1 Å². The zero-order valence-corrected chi connectivity index (χ0v) is 9.11. The molecule has 0 saturated carbocycles. The van der Waals surface area contributed by atoms with E-state index in [0.29, 0.717) is 11.1 Å². The summed E-state index contributed by atoms with van der Waals surface area (Å²) in [6.45, 7) is 0. The largest absolute Gasteiger partial charge is 0.295 e. The fourth-order valence-corrected chi connectivity index (χ4v) is 2.15. The van der Waals surface area contributed by atoms with Crippen molar-refractivity contribution in [3.05, 3.63) is 54.6 Å². The lowest BCUT2D eigenvalue weighted by Crippen LogP contribution is -2.00. The molecule has 0 atom stereocenters. The first-order valence-corrected chi connectivity index (χ1v) is 6.06. The molecule has 0 amide bonds. The number of hydrogen-bond acceptors (Lipinski definition) is 2. The normalized spacial score (nSPS) is 11.3. The Hall–Kier alpha value is -1.65. The van der Waals surface area contributed by atoms with Crippen molar-refractivity contribution in [2.24, 2.45) is 0 Å². The van der Waals surface area contributed by atoms with Crippen molar-refractivity contribution in [2.75, 3.05) is 0 Å². The van der Waals surface area contributed by atoms with Crippen LogP contribution in [0.4, 0.5) is 0 Å². The van der Waals surface area contributed by atoms with Crippen LogP contribution in [0, 0.1) is 6.07 Å². The highest BCUT2D eigenvalue weighted by Gasteiger charge is 2.15. The van der Waals surface area contributed by atoms with Crippen LogP contribution in [0.1, 0.15) is 0 Å². The fraction of sp³-hybridized carbons (Fsp3) is 0. The second-order valence-electron chi connectivity index (χ2n) is 3.25. The maximum absolute atomic E-state index is 11.2. The molecule has 0 aliphatic heterocycles. The van der Waals surface area contributed by atoms with Gasteiger partial charge >= 0.3 is 0 Å². The highest BCUT2D eigenvalue weighted by Crippen LogP contribution is 2.25. The first-order chi connectivity index (χ1) is 7.59. The zero-order valence-electron chi connectivity index (χ0n) is 8.29. The van der Waals surface area contributed by atoms with E-state index >= 15 is 0 Å². The minimum absolute atomic E-state index is 0.124. The van der Waals surface area contributed by atoms with Gasteiger partial charge in [-0.15, -0.1) is 0 Å². The summed E-state index contributed by atoms with van der Waals surface area (Å²) >= 11 is 0. The predicted octanol–water partition coefficient (Wildman–Crippen LogP) is 2.40. The van der Waals surface area contributed by atoms with Crippen LogP contribution in [-0.2, 0) is 10.1 Å². The van der Waals surface area contributed by atoms with Crippen LogP contribution in [0.25, 0.3) is 11.1 Å². The Bertz CT molecular complexity index is 589. The van der Waals surface area contributed by atoms with E-state index in [2.05, 4.69) is 6.07 Å². The summed E-state index contributed by atoms with van der Waals surface area (Å²) in [6.07, 6.45) is 0. The van der Waals surface area contributed by atoms with E-state index in [-0.39, 0.29) is 4.90 Å². The van der Waals surface area contributed by atoms with E-state index < -0.39 is 10.1 Å². The van der Waals surface area contributed by atoms with Gasteiger partial charge in [-0.3, -0.25) is 4.55 Å². The highest BCUT2D eigenvalue weighted by atomic mass is 32.2. The van der Waals surface area contributed by atoms with Gasteiger partial charge in [0.1, 0.15) is 4.90 Å². The lowest BCUT2D eigenvalue weighted by Gasteiger charge is -2.05. The summed E-state index contributed by atoms with van der Waals surface area (Å²) in [7, 11) is -4.21. The van der Waals surface area contributed by atoms with Crippen molar-refractivity contribution in [1.82, 2.24) is 0 Å². The molecule has 0 saturated heterocycles. The number of benzene rings is 2. The molecule has 81 valence electrons. The van der Waals surface area contributed by atoms with Crippen LogP contribution in [-0.4, -0.2) is 13.0 Å². The van der Waals surface area contributed by atoms with Gasteiger partial charge in [-0.05, 0) is 17.7 Å². The molecule has 0 aliphatic rings. The van der Waals surface area contributed by atoms with Crippen molar-refractivity contribution in [3.63, 3.8) is 0 Å². The van der Waals surface area contributed by atoms with Crippen molar-refractivity contribution < 1.29 is 13.0 Å². The Morgan fingerprint density at radius 2 is 1.69 bits per heavy atom. The standard InChI is InChI=1S/C12H9O3S/c13-16(14,15)12-9-5-4-8-11(12)10-6-2-1-3-7-10/h1-7,9H,(H,13,14,15). The summed E-state index contributed by atoms with van der Waals surface area (Å²) in [6, 6.07) is 16.3. The third-order valence-corrected chi connectivity index (χ3v) is 3.05. The summed E-state index contributed by atoms with van der Waals surface area (Å²) < 4.78 is 31.4. The van der Waals surface area contributed by atoms with E-state index in [0.717, 1.165) is 0 Å². The number of rotatable bonds is 2. The Morgan fingerprint density at radius 3 is 2.31 bits per heavy atom. The summed E-state index contributed by atoms with van der Waals surface area (Å²) in [5.41, 5.74) is 1.08. The molecular weight excluding hydrogens is 224 g/mol. The SMILES string of the molecule is O=S(=O)(O)c1ccc[c]c1-c1ccccc1. The quantitative estimate of drug-likeness (QED) is 0.810. The highest BCUT2D eigenvalue weighted by molar-refractivity contribution is 7.86. The summed E-state index contributed by atoms with van der Waals surface area (Å²) in [5.74, 6) is 0. The van der Waals surface area contributed by atoms with Gasteiger partial charge in [0.15, 0.2) is 0 Å². The molecule has 0 unspecified atom stereocenters. The second-order valence-corrected chi connectivity index (χ2v) is 4.64. The second kappa shape index (κ2) is 4.08. The van der Waals surface area contributed by atoms with Gasteiger partial charge in [0.25, 0.3) is 10.1 Å². The Kier molecular flexibility index (Phi) is 2.77. The van der Waals surface area contributed by atoms with E-state index in [1.165, 1.54) is 12.1 Å². The molecule has 0 aliphatic carbocycles.